The molecule has 6 heteroatoms. The normalized spacial score (nSPS) is 14.7. The standard InChI is InChI=1S/C22H25ClN2O3/c1-25(2)15-19(17-7-4-3-5-8-17)24-21(26)10-9-16-13-18(23)22-20(14-16)27-11-6-12-28-22/h3-5,7-10,13-14,19H,6,11-12,15H2,1-2H3,(H,24,26)/b10-9+. The number of carbonyl (C=O) groups excluding carboxylic acids is 1. The molecular formula is C22H25ClN2O3. The molecule has 0 aromatic heterocycles. The molecule has 148 valence electrons. The molecule has 1 aliphatic rings. The predicted octanol–water partition coefficient (Wildman–Crippen LogP) is 3.93. The van der Waals surface area contributed by atoms with Crippen LogP contribution in [0.5, 0.6) is 11.5 Å². The fraction of sp³-hybridized carbons (Fsp3) is 0.318. The van der Waals surface area contributed by atoms with Crippen molar-refractivity contribution < 1.29 is 14.3 Å². The van der Waals surface area contributed by atoms with E-state index in [0.717, 1.165) is 17.5 Å². The second-order valence-corrected chi connectivity index (χ2v) is 7.36. The van der Waals surface area contributed by atoms with E-state index in [1.165, 1.54) is 6.08 Å². The van der Waals surface area contributed by atoms with E-state index >= 15 is 0 Å². The number of benzene rings is 2. The van der Waals surface area contributed by atoms with Gasteiger partial charge in [0.25, 0.3) is 0 Å². The number of fused-ring (bicyclic) bond motifs is 1. The third kappa shape index (κ3) is 5.50. The van der Waals surface area contributed by atoms with Gasteiger partial charge < -0.3 is 19.7 Å². The molecule has 0 saturated carbocycles. The minimum Gasteiger partial charge on any atom is -0.489 e. The van der Waals surface area contributed by atoms with E-state index in [-0.39, 0.29) is 11.9 Å². The molecule has 1 heterocycles. The van der Waals surface area contributed by atoms with Gasteiger partial charge in [-0.25, -0.2) is 0 Å². The van der Waals surface area contributed by atoms with Crippen molar-refractivity contribution in [1.82, 2.24) is 10.2 Å². The number of nitrogens with one attached hydrogen (secondary N) is 1. The average molecular weight is 401 g/mol. The molecule has 28 heavy (non-hydrogen) atoms. The van der Waals surface area contributed by atoms with Gasteiger partial charge in [0.2, 0.25) is 5.91 Å². The van der Waals surface area contributed by atoms with Crippen molar-refractivity contribution in [3.8, 4) is 11.5 Å². The Morgan fingerprint density at radius 2 is 1.96 bits per heavy atom. The number of rotatable bonds is 6. The van der Waals surface area contributed by atoms with E-state index in [1.807, 2.05) is 55.4 Å². The maximum atomic E-state index is 12.5. The summed E-state index contributed by atoms with van der Waals surface area (Å²) in [4.78, 5) is 14.6. The molecule has 0 spiro atoms. The van der Waals surface area contributed by atoms with Crippen LogP contribution in [-0.2, 0) is 4.79 Å². The van der Waals surface area contributed by atoms with Gasteiger partial charge in [-0.1, -0.05) is 41.9 Å². The second-order valence-electron chi connectivity index (χ2n) is 6.95. The summed E-state index contributed by atoms with van der Waals surface area (Å²) < 4.78 is 11.3. The number of ether oxygens (including phenoxy) is 2. The largest absolute Gasteiger partial charge is 0.489 e. The summed E-state index contributed by atoms with van der Waals surface area (Å²) in [7, 11) is 3.97. The van der Waals surface area contributed by atoms with E-state index in [0.29, 0.717) is 36.3 Å². The quantitative estimate of drug-likeness (QED) is 0.746. The molecule has 0 bridgehead atoms. The second kappa shape index (κ2) is 9.62. The predicted molar refractivity (Wildman–Crippen MR) is 112 cm³/mol. The Bertz CT molecular complexity index is 837. The third-order valence-corrected chi connectivity index (χ3v) is 4.60. The van der Waals surface area contributed by atoms with Gasteiger partial charge in [-0.15, -0.1) is 0 Å². The van der Waals surface area contributed by atoms with Gasteiger partial charge in [0.15, 0.2) is 11.5 Å². The highest BCUT2D eigenvalue weighted by Gasteiger charge is 2.16. The van der Waals surface area contributed by atoms with Crippen molar-refractivity contribution in [2.75, 3.05) is 33.9 Å². The zero-order valence-electron chi connectivity index (χ0n) is 16.2. The number of likely N-dealkylation sites (N-methyl/N-ethyl adjacent to an activating group) is 1. The summed E-state index contributed by atoms with van der Waals surface area (Å²) >= 11 is 6.31. The van der Waals surface area contributed by atoms with Crippen LogP contribution in [0.25, 0.3) is 6.08 Å². The summed E-state index contributed by atoms with van der Waals surface area (Å²) in [6.07, 6.45) is 4.06. The number of hydrogen-bond donors (Lipinski definition) is 1. The van der Waals surface area contributed by atoms with Crippen LogP contribution in [-0.4, -0.2) is 44.7 Å². The summed E-state index contributed by atoms with van der Waals surface area (Å²) in [6, 6.07) is 13.5. The zero-order chi connectivity index (χ0) is 19.9. The van der Waals surface area contributed by atoms with Crippen molar-refractivity contribution in [3.05, 3.63) is 64.7 Å². The number of hydrogen-bond acceptors (Lipinski definition) is 4. The maximum Gasteiger partial charge on any atom is 0.244 e. The number of carbonyl (C=O) groups is 1. The monoisotopic (exact) mass is 400 g/mol. The minimum absolute atomic E-state index is 0.0966. The first-order valence-electron chi connectivity index (χ1n) is 9.30. The van der Waals surface area contributed by atoms with Gasteiger partial charge in [-0.2, -0.15) is 0 Å². The molecule has 1 N–H and O–H groups in total. The highest BCUT2D eigenvalue weighted by molar-refractivity contribution is 6.32. The average Bonchev–Trinajstić information content (AvgIpc) is 2.92. The van der Waals surface area contributed by atoms with Crippen LogP contribution >= 0.6 is 11.6 Å². The van der Waals surface area contributed by atoms with E-state index in [4.69, 9.17) is 21.1 Å². The van der Waals surface area contributed by atoms with E-state index in [1.54, 1.807) is 12.1 Å². The van der Waals surface area contributed by atoms with Crippen LogP contribution in [0.4, 0.5) is 0 Å². The molecule has 0 fully saturated rings. The first-order chi connectivity index (χ1) is 13.5. The smallest absolute Gasteiger partial charge is 0.244 e. The van der Waals surface area contributed by atoms with Crippen LogP contribution in [0.15, 0.2) is 48.5 Å². The molecule has 2 aromatic rings. The molecule has 3 rings (SSSR count). The van der Waals surface area contributed by atoms with Gasteiger partial charge in [0, 0.05) is 19.0 Å². The lowest BCUT2D eigenvalue weighted by Gasteiger charge is -2.22. The van der Waals surface area contributed by atoms with Gasteiger partial charge in [-0.3, -0.25) is 4.79 Å². The van der Waals surface area contributed by atoms with Gasteiger partial charge >= 0.3 is 0 Å². The lowest BCUT2D eigenvalue weighted by molar-refractivity contribution is -0.117. The van der Waals surface area contributed by atoms with Crippen LogP contribution in [0, 0.1) is 0 Å². The topological polar surface area (TPSA) is 50.8 Å². The fourth-order valence-corrected chi connectivity index (χ4v) is 3.30. The molecule has 1 unspecified atom stereocenters. The first kappa shape index (κ1) is 20.2. The highest BCUT2D eigenvalue weighted by Crippen LogP contribution is 2.38. The molecule has 0 radical (unpaired) electrons. The fourth-order valence-electron chi connectivity index (χ4n) is 3.02. The number of halogens is 1. The summed E-state index contributed by atoms with van der Waals surface area (Å²) in [5, 5.41) is 3.55. The molecular weight excluding hydrogens is 376 g/mol. The Hall–Kier alpha value is -2.50. The third-order valence-electron chi connectivity index (χ3n) is 4.32. The van der Waals surface area contributed by atoms with Crippen LogP contribution in [0.3, 0.4) is 0 Å². The van der Waals surface area contributed by atoms with Crippen LogP contribution in [0.2, 0.25) is 5.02 Å². The molecule has 2 aromatic carbocycles. The Morgan fingerprint density at radius 3 is 2.71 bits per heavy atom. The van der Waals surface area contributed by atoms with Gasteiger partial charge in [0.05, 0.1) is 24.3 Å². The van der Waals surface area contributed by atoms with Gasteiger partial charge in [-0.05, 0) is 43.4 Å². The summed E-state index contributed by atoms with van der Waals surface area (Å²) in [5.74, 6) is 1.01. The van der Waals surface area contributed by atoms with E-state index in [2.05, 4.69) is 5.32 Å². The minimum atomic E-state index is -0.168. The Kier molecular flexibility index (Phi) is 6.95. The summed E-state index contributed by atoms with van der Waals surface area (Å²) in [6.45, 7) is 1.87. The maximum absolute atomic E-state index is 12.5. The van der Waals surface area contributed by atoms with Crippen molar-refractivity contribution in [3.63, 3.8) is 0 Å². The van der Waals surface area contributed by atoms with Crippen LogP contribution < -0.4 is 14.8 Å². The summed E-state index contributed by atoms with van der Waals surface area (Å²) in [5.41, 5.74) is 1.85. The SMILES string of the molecule is CN(C)CC(NC(=O)/C=C/c1cc(Cl)c2c(c1)OCCCO2)c1ccccc1. The van der Waals surface area contributed by atoms with Crippen LogP contribution in [0.1, 0.15) is 23.6 Å². The highest BCUT2D eigenvalue weighted by atomic mass is 35.5. The molecule has 1 amide bonds. The first-order valence-corrected chi connectivity index (χ1v) is 9.68. The lowest BCUT2D eigenvalue weighted by Crippen LogP contribution is -2.34. The van der Waals surface area contributed by atoms with Crippen molar-refractivity contribution >= 4 is 23.6 Å². The van der Waals surface area contributed by atoms with Crippen molar-refractivity contribution in [2.45, 2.75) is 12.5 Å². The molecule has 1 aliphatic heterocycles. The van der Waals surface area contributed by atoms with E-state index < -0.39 is 0 Å². The number of amides is 1. The lowest BCUT2D eigenvalue weighted by atomic mass is 10.1. The molecule has 0 saturated heterocycles. The number of nitrogens with zero attached hydrogens (tertiary/aromatic N) is 1. The Labute approximate surface area is 170 Å². The Balaban J connectivity index is 1.72. The zero-order valence-corrected chi connectivity index (χ0v) is 16.9. The van der Waals surface area contributed by atoms with Gasteiger partial charge in [0.1, 0.15) is 0 Å². The molecule has 1 atom stereocenters. The molecule has 5 nitrogen and oxygen atoms in total. The molecule has 0 aliphatic carbocycles. The Morgan fingerprint density at radius 1 is 1.21 bits per heavy atom. The van der Waals surface area contributed by atoms with Crippen molar-refractivity contribution in [1.29, 1.82) is 0 Å². The van der Waals surface area contributed by atoms with E-state index in [9.17, 15) is 4.79 Å². The van der Waals surface area contributed by atoms with Crippen molar-refractivity contribution in [2.24, 2.45) is 0 Å².